The van der Waals surface area contributed by atoms with Crippen molar-refractivity contribution in [3.05, 3.63) is 0 Å². The average molecular weight is 235 g/mol. The molecule has 1 rings (SSSR count). The molecule has 0 saturated heterocycles. The number of sulfone groups is 1. The Bertz CT molecular complexity index is 276. The van der Waals surface area contributed by atoms with Crippen LogP contribution in [-0.4, -0.2) is 39.7 Å². The van der Waals surface area contributed by atoms with E-state index in [-0.39, 0.29) is 11.9 Å². The summed E-state index contributed by atoms with van der Waals surface area (Å²) in [5, 5.41) is 0. The van der Waals surface area contributed by atoms with E-state index in [9.17, 15) is 8.42 Å². The van der Waals surface area contributed by atoms with Gasteiger partial charge in [0.05, 0.1) is 11.9 Å². The van der Waals surface area contributed by atoms with Crippen molar-refractivity contribution in [3.8, 4) is 0 Å². The number of rotatable bonds is 6. The third kappa shape index (κ3) is 4.95. The molecule has 1 saturated carbocycles. The largest absolute Gasteiger partial charge is 0.378 e. The van der Waals surface area contributed by atoms with Gasteiger partial charge in [0, 0.05) is 12.9 Å². The van der Waals surface area contributed by atoms with Crippen LogP contribution in [0.25, 0.3) is 0 Å². The molecule has 1 aliphatic rings. The van der Waals surface area contributed by atoms with Crippen LogP contribution in [0.5, 0.6) is 0 Å². The minimum Gasteiger partial charge on any atom is -0.378 e. The molecule has 5 heteroatoms. The van der Waals surface area contributed by atoms with Gasteiger partial charge in [-0.05, 0) is 31.7 Å². The van der Waals surface area contributed by atoms with Gasteiger partial charge in [0.1, 0.15) is 9.84 Å². The van der Waals surface area contributed by atoms with Crippen molar-refractivity contribution >= 4 is 9.84 Å². The monoisotopic (exact) mass is 235 g/mol. The average Bonchev–Trinajstić information content (AvgIpc) is 2.58. The molecule has 0 bridgehead atoms. The van der Waals surface area contributed by atoms with Gasteiger partial charge in [-0.1, -0.05) is 6.42 Å². The minimum absolute atomic E-state index is 0.215. The molecule has 0 aromatic rings. The van der Waals surface area contributed by atoms with Gasteiger partial charge in [-0.25, -0.2) is 8.42 Å². The summed E-state index contributed by atoms with van der Waals surface area (Å²) in [4.78, 5) is 0. The van der Waals surface area contributed by atoms with E-state index in [0.29, 0.717) is 25.5 Å². The van der Waals surface area contributed by atoms with Crippen LogP contribution in [0.4, 0.5) is 0 Å². The molecule has 0 amide bonds. The summed E-state index contributed by atoms with van der Waals surface area (Å²) >= 11 is 0. The lowest BCUT2D eigenvalue weighted by molar-refractivity contribution is 0.0308. The third-order valence-electron chi connectivity index (χ3n) is 2.88. The normalized spacial score (nSPS) is 27.1. The molecule has 2 atom stereocenters. The van der Waals surface area contributed by atoms with Crippen LogP contribution in [0, 0.1) is 5.92 Å². The predicted molar refractivity (Wildman–Crippen MR) is 60.5 cm³/mol. The van der Waals surface area contributed by atoms with Crippen molar-refractivity contribution in [3.63, 3.8) is 0 Å². The molecule has 90 valence electrons. The summed E-state index contributed by atoms with van der Waals surface area (Å²) < 4.78 is 27.4. The van der Waals surface area contributed by atoms with Crippen LogP contribution in [0.3, 0.4) is 0 Å². The van der Waals surface area contributed by atoms with E-state index in [4.69, 9.17) is 10.5 Å². The van der Waals surface area contributed by atoms with Crippen molar-refractivity contribution in [2.45, 2.75) is 31.8 Å². The van der Waals surface area contributed by atoms with Gasteiger partial charge in [0.25, 0.3) is 0 Å². The maximum Gasteiger partial charge on any atom is 0.147 e. The van der Waals surface area contributed by atoms with Crippen molar-refractivity contribution in [2.24, 2.45) is 11.7 Å². The van der Waals surface area contributed by atoms with E-state index in [1.807, 2.05) is 0 Å². The smallest absolute Gasteiger partial charge is 0.147 e. The molecule has 0 heterocycles. The SMILES string of the molecule is CS(=O)(=O)CCCOC1CCCC1CN. The van der Waals surface area contributed by atoms with Gasteiger partial charge in [-0.15, -0.1) is 0 Å². The highest BCUT2D eigenvalue weighted by molar-refractivity contribution is 7.90. The quantitative estimate of drug-likeness (QED) is 0.683. The summed E-state index contributed by atoms with van der Waals surface area (Å²) in [5.41, 5.74) is 5.62. The van der Waals surface area contributed by atoms with Gasteiger partial charge >= 0.3 is 0 Å². The second-order valence-corrected chi connectivity index (χ2v) is 6.58. The first-order valence-electron chi connectivity index (χ1n) is 5.52. The molecule has 0 radical (unpaired) electrons. The van der Waals surface area contributed by atoms with Crippen LogP contribution in [0.15, 0.2) is 0 Å². The molecule has 0 aromatic carbocycles. The lowest BCUT2D eigenvalue weighted by Gasteiger charge is -2.18. The first-order valence-corrected chi connectivity index (χ1v) is 7.58. The Labute approximate surface area is 92.1 Å². The maximum absolute atomic E-state index is 10.9. The molecule has 0 aromatic heterocycles. The maximum atomic E-state index is 10.9. The zero-order chi connectivity index (χ0) is 11.3. The molecule has 2 N–H and O–H groups in total. The van der Waals surface area contributed by atoms with Gasteiger partial charge in [-0.2, -0.15) is 0 Å². The summed E-state index contributed by atoms with van der Waals surface area (Å²) in [7, 11) is -2.84. The van der Waals surface area contributed by atoms with E-state index >= 15 is 0 Å². The van der Waals surface area contributed by atoms with Crippen LogP contribution in [0.2, 0.25) is 0 Å². The molecule has 0 aliphatic heterocycles. The van der Waals surface area contributed by atoms with Crippen LogP contribution >= 0.6 is 0 Å². The molecule has 1 aliphatic carbocycles. The van der Waals surface area contributed by atoms with E-state index in [2.05, 4.69) is 0 Å². The number of ether oxygens (including phenoxy) is 1. The highest BCUT2D eigenvalue weighted by atomic mass is 32.2. The standard InChI is InChI=1S/C10H21NO3S/c1-15(12,13)7-3-6-14-10-5-2-4-9(10)8-11/h9-10H,2-8,11H2,1H3. The van der Waals surface area contributed by atoms with Crippen molar-refractivity contribution in [2.75, 3.05) is 25.2 Å². The molecule has 0 spiro atoms. The van der Waals surface area contributed by atoms with E-state index < -0.39 is 9.84 Å². The molecule has 4 nitrogen and oxygen atoms in total. The van der Waals surface area contributed by atoms with E-state index in [1.165, 1.54) is 12.7 Å². The second kappa shape index (κ2) is 5.82. The second-order valence-electron chi connectivity index (χ2n) is 4.32. The van der Waals surface area contributed by atoms with Crippen molar-refractivity contribution < 1.29 is 13.2 Å². The molecular weight excluding hydrogens is 214 g/mol. The Hall–Kier alpha value is -0.130. The Kier molecular flexibility index (Phi) is 5.02. The van der Waals surface area contributed by atoms with Gasteiger partial charge in [0.2, 0.25) is 0 Å². The molecule has 1 fully saturated rings. The first kappa shape index (κ1) is 12.9. The fourth-order valence-corrected chi connectivity index (χ4v) is 2.69. The van der Waals surface area contributed by atoms with Crippen molar-refractivity contribution in [1.82, 2.24) is 0 Å². The van der Waals surface area contributed by atoms with Crippen molar-refractivity contribution in [1.29, 1.82) is 0 Å². The number of hydrogen-bond donors (Lipinski definition) is 1. The number of hydrogen-bond acceptors (Lipinski definition) is 4. The zero-order valence-electron chi connectivity index (χ0n) is 9.31. The summed E-state index contributed by atoms with van der Waals surface area (Å²) in [6.07, 6.45) is 5.50. The van der Waals surface area contributed by atoms with Crippen LogP contribution < -0.4 is 5.73 Å². The van der Waals surface area contributed by atoms with Gasteiger partial charge < -0.3 is 10.5 Å². The third-order valence-corrected chi connectivity index (χ3v) is 3.91. The highest BCUT2D eigenvalue weighted by Crippen LogP contribution is 2.27. The Morgan fingerprint density at radius 1 is 1.40 bits per heavy atom. The molecular formula is C10H21NO3S. The molecule has 2 unspecified atom stereocenters. The predicted octanol–water partition coefficient (Wildman–Crippen LogP) is 0.565. The summed E-state index contributed by atoms with van der Waals surface area (Å²) in [5.74, 6) is 0.691. The lowest BCUT2D eigenvalue weighted by atomic mass is 10.1. The van der Waals surface area contributed by atoms with Crippen LogP contribution in [-0.2, 0) is 14.6 Å². The Morgan fingerprint density at radius 3 is 2.73 bits per heavy atom. The minimum atomic E-state index is -2.84. The lowest BCUT2D eigenvalue weighted by Crippen LogP contribution is -2.26. The van der Waals surface area contributed by atoms with E-state index in [0.717, 1.165) is 12.8 Å². The van der Waals surface area contributed by atoms with Gasteiger partial charge in [-0.3, -0.25) is 0 Å². The summed E-state index contributed by atoms with van der Waals surface area (Å²) in [6, 6.07) is 0. The van der Waals surface area contributed by atoms with E-state index in [1.54, 1.807) is 0 Å². The zero-order valence-corrected chi connectivity index (χ0v) is 10.1. The van der Waals surface area contributed by atoms with Crippen LogP contribution in [0.1, 0.15) is 25.7 Å². The summed E-state index contributed by atoms with van der Waals surface area (Å²) in [6.45, 7) is 1.21. The van der Waals surface area contributed by atoms with Gasteiger partial charge in [0.15, 0.2) is 0 Å². The molecule has 15 heavy (non-hydrogen) atoms. The highest BCUT2D eigenvalue weighted by Gasteiger charge is 2.26. The Morgan fingerprint density at radius 2 is 2.13 bits per heavy atom. The fraction of sp³-hybridized carbons (Fsp3) is 1.00. The topological polar surface area (TPSA) is 69.4 Å². The number of nitrogens with two attached hydrogens (primary N) is 1. The fourth-order valence-electron chi connectivity index (χ4n) is 2.05. The first-order chi connectivity index (χ1) is 7.03. The Balaban J connectivity index is 2.15.